The van der Waals surface area contributed by atoms with E-state index in [1.54, 1.807) is 11.9 Å². The molecule has 0 atom stereocenters. The van der Waals surface area contributed by atoms with Gasteiger partial charge in [-0.05, 0) is 51.6 Å². The normalized spacial score (nSPS) is 16.9. The number of hydrogen-bond donors (Lipinski definition) is 1. The molecule has 1 aliphatic carbocycles. The van der Waals surface area contributed by atoms with E-state index < -0.39 is 5.82 Å². The summed E-state index contributed by atoms with van der Waals surface area (Å²) >= 11 is 0. The second-order valence-electron chi connectivity index (χ2n) is 5.87. The number of nitrogen functional groups attached to an aromatic ring is 1. The highest BCUT2D eigenvalue weighted by molar-refractivity contribution is 5.95. The molecule has 1 aromatic carbocycles. The summed E-state index contributed by atoms with van der Waals surface area (Å²) in [5, 5.41) is 0. The number of likely N-dealkylation sites (N-methyl/N-ethyl adjacent to an activating group) is 2. The Morgan fingerprint density at radius 1 is 1.35 bits per heavy atom. The van der Waals surface area contributed by atoms with Crippen molar-refractivity contribution in [2.24, 2.45) is 0 Å². The van der Waals surface area contributed by atoms with Gasteiger partial charge in [0.1, 0.15) is 5.82 Å². The molecule has 0 saturated heterocycles. The molecule has 1 aromatic rings. The maximum atomic E-state index is 13.8. The highest BCUT2D eigenvalue weighted by Gasteiger charge is 2.40. The van der Waals surface area contributed by atoms with Gasteiger partial charge in [0, 0.05) is 24.8 Å². The first-order chi connectivity index (χ1) is 9.35. The summed E-state index contributed by atoms with van der Waals surface area (Å²) in [7, 11) is 5.77. The van der Waals surface area contributed by atoms with Gasteiger partial charge in [0.25, 0.3) is 5.91 Å². The van der Waals surface area contributed by atoms with E-state index in [-0.39, 0.29) is 17.0 Å². The van der Waals surface area contributed by atoms with E-state index in [4.69, 9.17) is 5.73 Å². The van der Waals surface area contributed by atoms with Gasteiger partial charge >= 0.3 is 0 Å². The number of hydrogen-bond acceptors (Lipinski definition) is 3. The second-order valence-corrected chi connectivity index (χ2v) is 5.87. The van der Waals surface area contributed by atoms with Crippen molar-refractivity contribution in [3.05, 3.63) is 29.6 Å². The van der Waals surface area contributed by atoms with Gasteiger partial charge in [0.05, 0.1) is 5.56 Å². The summed E-state index contributed by atoms with van der Waals surface area (Å²) in [5.74, 6) is -0.841. The average molecular weight is 279 g/mol. The van der Waals surface area contributed by atoms with E-state index in [1.807, 2.05) is 14.1 Å². The lowest BCUT2D eigenvalue weighted by Gasteiger charge is -2.49. The molecule has 0 radical (unpaired) electrons. The molecule has 4 nitrogen and oxygen atoms in total. The fourth-order valence-corrected chi connectivity index (χ4v) is 2.76. The summed E-state index contributed by atoms with van der Waals surface area (Å²) < 4.78 is 13.8. The zero-order valence-corrected chi connectivity index (χ0v) is 12.3. The predicted molar refractivity (Wildman–Crippen MR) is 78.0 cm³/mol. The Morgan fingerprint density at radius 3 is 2.50 bits per heavy atom. The number of anilines is 1. The van der Waals surface area contributed by atoms with Gasteiger partial charge in [-0.3, -0.25) is 4.79 Å². The molecule has 0 unspecified atom stereocenters. The quantitative estimate of drug-likeness (QED) is 0.857. The smallest absolute Gasteiger partial charge is 0.256 e. The van der Waals surface area contributed by atoms with E-state index in [0.29, 0.717) is 12.2 Å². The SMILES string of the molecule is CN(CC1(N(C)C)CCC1)C(=O)c1cc(N)ccc1F. The molecule has 2 rings (SSSR count). The van der Waals surface area contributed by atoms with Crippen LogP contribution in [0.3, 0.4) is 0 Å². The standard InChI is InChI=1S/C15H22FN3O/c1-18(2)15(7-4-8-15)10-19(3)14(20)12-9-11(17)5-6-13(12)16/h5-6,9H,4,7-8,10,17H2,1-3H3. The van der Waals surface area contributed by atoms with Crippen molar-refractivity contribution in [1.29, 1.82) is 0 Å². The summed E-state index contributed by atoms with van der Waals surface area (Å²) in [5.41, 5.74) is 6.10. The zero-order chi connectivity index (χ0) is 14.9. The van der Waals surface area contributed by atoms with Gasteiger partial charge in [0.15, 0.2) is 0 Å². The monoisotopic (exact) mass is 279 g/mol. The lowest BCUT2D eigenvalue weighted by atomic mass is 9.75. The van der Waals surface area contributed by atoms with Crippen molar-refractivity contribution >= 4 is 11.6 Å². The molecule has 0 spiro atoms. The minimum Gasteiger partial charge on any atom is -0.399 e. The number of amides is 1. The number of nitrogens with two attached hydrogens (primary N) is 1. The number of carbonyl (C=O) groups is 1. The summed E-state index contributed by atoms with van der Waals surface area (Å²) in [6, 6.07) is 4.10. The van der Waals surface area contributed by atoms with Crippen molar-refractivity contribution in [2.75, 3.05) is 33.4 Å². The Bertz CT molecular complexity index is 512. The van der Waals surface area contributed by atoms with Crippen LogP contribution in [-0.4, -0.2) is 48.9 Å². The molecule has 0 bridgehead atoms. The third-order valence-corrected chi connectivity index (χ3v) is 4.33. The van der Waals surface area contributed by atoms with Gasteiger partial charge in [-0.25, -0.2) is 4.39 Å². The van der Waals surface area contributed by atoms with Gasteiger partial charge < -0.3 is 15.5 Å². The van der Waals surface area contributed by atoms with Crippen LogP contribution in [0.2, 0.25) is 0 Å². The van der Waals surface area contributed by atoms with Crippen molar-refractivity contribution in [3.63, 3.8) is 0 Å². The van der Waals surface area contributed by atoms with Crippen LogP contribution in [0, 0.1) is 5.82 Å². The van der Waals surface area contributed by atoms with E-state index in [9.17, 15) is 9.18 Å². The number of carbonyl (C=O) groups excluding carboxylic acids is 1. The average Bonchev–Trinajstić information content (AvgIpc) is 2.35. The van der Waals surface area contributed by atoms with Crippen molar-refractivity contribution in [2.45, 2.75) is 24.8 Å². The zero-order valence-electron chi connectivity index (χ0n) is 12.3. The topological polar surface area (TPSA) is 49.6 Å². The first-order valence-corrected chi connectivity index (χ1v) is 6.84. The molecule has 1 fully saturated rings. The first-order valence-electron chi connectivity index (χ1n) is 6.84. The van der Waals surface area contributed by atoms with Gasteiger partial charge in [-0.1, -0.05) is 0 Å². The largest absolute Gasteiger partial charge is 0.399 e. The third kappa shape index (κ3) is 2.63. The lowest BCUT2D eigenvalue weighted by molar-refractivity contribution is 0.0250. The molecular weight excluding hydrogens is 257 g/mol. The molecular formula is C15H22FN3O. The maximum Gasteiger partial charge on any atom is 0.256 e. The van der Waals surface area contributed by atoms with Crippen LogP contribution in [0.4, 0.5) is 10.1 Å². The molecule has 1 saturated carbocycles. The molecule has 110 valence electrons. The van der Waals surface area contributed by atoms with E-state index in [0.717, 1.165) is 12.8 Å². The number of halogens is 1. The van der Waals surface area contributed by atoms with E-state index >= 15 is 0 Å². The molecule has 0 heterocycles. The van der Waals surface area contributed by atoms with Crippen molar-refractivity contribution in [3.8, 4) is 0 Å². The third-order valence-electron chi connectivity index (χ3n) is 4.33. The van der Waals surface area contributed by atoms with Crippen LogP contribution in [0.15, 0.2) is 18.2 Å². The Kier molecular flexibility index (Phi) is 3.99. The Morgan fingerprint density at radius 2 is 2.00 bits per heavy atom. The maximum absolute atomic E-state index is 13.8. The molecule has 0 aliphatic heterocycles. The Labute approximate surface area is 119 Å². The number of nitrogens with zero attached hydrogens (tertiary/aromatic N) is 2. The van der Waals surface area contributed by atoms with Crippen LogP contribution in [0.25, 0.3) is 0 Å². The molecule has 1 aliphatic rings. The molecule has 1 amide bonds. The van der Waals surface area contributed by atoms with E-state index in [1.165, 1.54) is 24.6 Å². The van der Waals surface area contributed by atoms with Crippen molar-refractivity contribution < 1.29 is 9.18 Å². The highest BCUT2D eigenvalue weighted by atomic mass is 19.1. The van der Waals surface area contributed by atoms with Crippen LogP contribution >= 0.6 is 0 Å². The van der Waals surface area contributed by atoms with Gasteiger partial charge in [0.2, 0.25) is 0 Å². The fourth-order valence-electron chi connectivity index (χ4n) is 2.76. The highest BCUT2D eigenvalue weighted by Crippen LogP contribution is 2.36. The molecule has 5 heteroatoms. The number of rotatable bonds is 4. The minimum atomic E-state index is -0.524. The Hall–Kier alpha value is -1.62. The van der Waals surface area contributed by atoms with Gasteiger partial charge in [-0.2, -0.15) is 0 Å². The van der Waals surface area contributed by atoms with Crippen LogP contribution in [0.5, 0.6) is 0 Å². The van der Waals surface area contributed by atoms with Crippen molar-refractivity contribution in [1.82, 2.24) is 9.80 Å². The Balaban J connectivity index is 2.14. The first kappa shape index (κ1) is 14.8. The lowest BCUT2D eigenvalue weighted by Crippen LogP contribution is -2.57. The molecule has 0 aromatic heterocycles. The summed E-state index contributed by atoms with van der Waals surface area (Å²) in [4.78, 5) is 16.1. The van der Waals surface area contributed by atoms with Gasteiger partial charge in [-0.15, -0.1) is 0 Å². The predicted octanol–water partition coefficient (Wildman–Crippen LogP) is 1.96. The fraction of sp³-hybridized carbons (Fsp3) is 0.533. The molecule has 2 N–H and O–H groups in total. The summed E-state index contributed by atoms with van der Waals surface area (Å²) in [6.45, 7) is 0.604. The summed E-state index contributed by atoms with van der Waals surface area (Å²) in [6.07, 6.45) is 3.31. The van der Waals surface area contributed by atoms with Crippen LogP contribution in [0.1, 0.15) is 29.6 Å². The second kappa shape index (κ2) is 5.40. The van der Waals surface area contributed by atoms with Crippen LogP contribution in [-0.2, 0) is 0 Å². The molecule has 20 heavy (non-hydrogen) atoms. The number of benzene rings is 1. The van der Waals surface area contributed by atoms with E-state index in [2.05, 4.69) is 4.90 Å². The van der Waals surface area contributed by atoms with Crippen LogP contribution < -0.4 is 5.73 Å². The minimum absolute atomic E-state index is 0.0290.